The first kappa shape index (κ1) is 30.8. The molecule has 3 aliphatic carbocycles. The maximum Gasteiger partial charge on any atom is 0.306 e. The number of esters is 1. The smallest absolute Gasteiger partial charge is 0.306 e. The molecule has 8 atom stereocenters. The number of hydrogen-bond donors (Lipinski definition) is 6. The van der Waals surface area contributed by atoms with E-state index in [0.717, 1.165) is 0 Å². The summed E-state index contributed by atoms with van der Waals surface area (Å²) in [5.74, 6) is -1.94. The van der Waals surface area contributed by atoms with E-state index in [0.29, 0.717) is 16.5 Å². The third-order valence-corrected chi connectivity index (χ3v) is 10.2. The second-order valence-electron chi connectivity index (χ2n) is 11.9. The molecule has 0 spiro atoms. The highest BCUT2D eigenvalue weighted by atomic mass is 16.7. The number of ether oxygens (including phenoxy) is 4. The first-order valence-electron chi connectivity index (χ1n) is 14.7. The van der Waals surface area contributed by atoms with Gasteiger partial charge in [0.2, 0.25) is 12.0 Å². The molecule has 4 bridgehead atoms. The average Bonchev–Trinajstić information content (AvgIpc) is 3.51. The predicted octanol–water partition coefficient (Wildman–Crippen LogP) is 0.755. The van der Waals surface area contributed by atoms with Gasteiger partial charge in [0.05, 0.1) is 39.8 Å². The molecule has 2 fully saturated rings. The van der Waals surface area contributed by atoms with Crippen molar-refractivity contribution in [3.63, 3.8) is 0 Å². The van der Waals surface area contributed by atoms with Gasteiger partial charge in [-0.1, -0.05) is 36.5 Å². The zero-order valence-electron chi connectivity index (χ0n) is 24.5. The minimum Gasteiger partial charge on any atom is -0.490 e. The summed E-state index contributed by atoms with van der Waals surface area (Å²) in [5, 5.41) is 69.8. The summed E-state index contributed by atoms with van der Waals surface area (Å²) in [6, 6.07) is 3.44. The van der Waals surface area contributed by atoms with Gasteiger partial charge in [-0.2, -0.15) is 0 Å². The lowest BCUT2D eigenvalue weighted by molar-refractivity contribution is -0.421. The van der Waals surface area contributed by atoms with Gasteiger partial charge in [0, 0.05) is 28.6 Å². The van der Waals surface area contributed by atoms with Crippen molar-refractivity contribution >= 4 is 16.9 Å². The quantitative estimate of drug-likeness (QED) is 0.163. The lowest BCUT2D eigenvalue weighted by atomic mass is 9.36. The van der Waals surface area contributed by atoms with E-state index in [4.69, 9.17) is 23.4 Å². The summed E-state index contributed by atoms with van der Waals surface area (Å²) in [6.45, 7) is -0.0817. The number of carbonyl (C=O) groups is 1. The summed E-state index contributed by atoms with van der Waals surface area (Å²) < 4.78 is 29.2. The van der Waals surface area contributed by atoms with Gasteiger partial charge in [-0.25, -0.2) is 0 Å². The number of aliphatic hydroxyl groups is 6. The first-order chi connectivity index (χ1) is 21.1. The maximum atomic E-state index is 13.0. The lowest BCUT2D eigenvalue weighted by Crippen LogP contribution is -2.88. The molecule has 8 unspecified atom stereocenters. The molecule has 1 saturated carbocycles. The zero-order chi connectivity index (χ0) is 31.5. The van der Waals surface area contributed by atoms with Gasteiger partial charge < -0.3 is 54.0 Å². The summed E-state index contributed by atoms with van der Waals surface area (Å²) in [5.41, 5.74) is -7.15. The molecular weight excluding hydrogens is 576 g/mol. The molecule has 0 radical (unpaired) electrons. The molecule has 1 aromatic carbocycles. The number of hydrogen-bond acceptors (Lipinski definition) is 12. The normalized spacial score (nSPS) is 36.2. The van der Waals surface area contributed by atoms with Gasteiger partial charge >= 0.3 is 5.97 Å². The molecule has 2 heterocycles. The monoisotopic (exact) mass is 614 g/mol. The molecule has 44 heavy (non-hydrogen) atoms. The van der Waals surface area contributed by atoms with E-state index in [1.54, 1.807) is 55.5 Å². The van der Waals surface area contributed by atoms with Gasteiger partial charge in [-0.3, -0.25) is 4.79 Å². The van der Waals surface area contributed by atoms with Crippen LogP contribution in [0.25, 0.3) is 11.0 Å². The third kappa shape index (κ3) is 3.79. The number of aryl methyl sites for hydroxylation is 1. The minimum atomic E-state index is -2.53. The number of furan rings is 1. The van der Waals surface area contributed by atoms with Crippen LogP contribution in [-0.2, 0) is 20.7 Å². The van der Waals surface area contributed by atoms with Gasteiger partial charge in [0.1, 0.15) is 17.8 Å². The number of fused-ring (bicyclic) bond motifs is 4. The second kappa shape index (κ2) is 11.0. The number of benzene rings is 1. The molecule has 1 aliphatic heterocycles. The van der Waals surface area contributed by atoms with E-state index in [9.17, 15) is 35.4 Å². The Labute approximate surface area is 253 Å². The molecular formula is C32H38O12. The maximum absolute atomic E-state index is 13.0. The summed E-state index contributed by atoms with van der Waals surface area (Å²) in [7, 11) is 1.39. The van der Waals surface area contributed by atoms with Crippen LogP contribution >= 0.6 is 0 Å². The number of aliphatic hydroxyl groups excluding tert-OH is 4. The highest BCUT2D eigenvalue weighted by molar-refractivity contribution is 5.87. The Hall–Kier alpha value is -3.23. The van der Waals surface area contributed by atoms with Gasteiger partial charge in [0.15, 0.2) is 16.9 Å². The van der Waals surface area contributed by atoms with Crippen LogP contribution in [0.3, 0.4) is 0 Å². The molecule has 238 valence electrons. The van der Waals surface area contributed by atoms with Crippen molar-refractivity contribution in [3.05, 3.63) is 60.4 Å². The Bertz CT molecular complexity index is 1510. The number of carbonyl (C=O) groups excluding carboxylic acids is 1. The van der Waals surface area contributed by atoms with Crippen LogP contribution in [0.2, 0.25) is 0 Å². The fourth-order valence-corrected chi connectivity index (χ4v) is 8.10. The highest BCUT2D eigenvalue weighted by Gasteiger charge is 2.83. The van der Waals surface area contributed by atoms with Crippen molar-refractivity contribution in [3.8, 4) is 11.5 Å². The fraction of sp³-hybridized carbons (Fsp3) is 0.531. The summed E-state index contributed by atoms with van der Waals surface area (Å²) >= 11 is 0. The van der Waals surface area contributed by atoms with Crippen LogP contribution in [-0.4, -0.2) is 99.8 Å². The SMILES string of the molecule is CCOC(=O)CCc1cc2ccoc2c(OC)c1OC1OC(CO)C2(O)C3C=CC(CO)(CO)C4(C=CC=CC34)C1(O)C2O. The second-order valence-corrected chi connectivity index (χ2v) is 11.9. The summed E-state index contributed by atoms with van der Waals surface area (Å²) in [6.07, 6.45) is 6.20. The topological polar surface area (TPSA) is 189 Å². The van der Waals surface area contributed by atoms with E-state index in [1.807, 2.05) is 0 Å². The van der Waals surface area contributed by atoms with Crippen molar-refractivity contribution in [2.24, 2.45) is 22.7 Å². The van der Waals surface area contributed by atoms with Gasteiger partial charge in [0.25, 0.3) is 0 Å². The molecule has 1 saturated heterocycles. The lowest BCUT2D eigenvalue weighted by Gasteiger charge is -2.73. The van der Waals surface area contributed by atoms with Crippen LogP contribution < -0.4 is 9.47 Å². The van der Waals surface area contributed by atoms with E-state index in [2.05, 4.69) is 0 Å². The fourth-order valence-electron chi connectivity index (χ4n) is 8.10. The predicted molar refractivity (Wildman–Crippen MR) is 153 cm³/mol. The Morgan fingerprint density at radius 2 is 1.82 bits per heavy atom. The molecule has 12 heteroatoms. The number of methoxy groups -OCH3 is 1. The average molecular weight is 615 g/mol. The van der Waals surface area contributed by atoms with Crippen LogP contribution in [0.15, 0.2) is 59.3 Å². The van der Waals surface area contributed by atoms with Crippen LogP contribution in [0, 0.1) is 22.7 Å². The standard InChI is InChI=1S/C32H38O12/c1-3-41-23(36)8-7-18-14-19-10-13-42-24(19)26(40-2)25(18)44-28-32(39)27(37)31(38,22(15-33)43-28)21-9-12-29(16-34,17-35)30(32)11-5-4-6-20(21)30/h4-6,9-14,20-22,27-28,33-35,37-39H,3,7-8,15-17H2,1-2H3. The third-order valence-electron chi connectivity index (χ3n) is 10.2. The van der Waals surface area contributed by atoms with E-state index < -0.39 is 78.2 Å². The minimum absolute atomic E-state index is 0.0156. The van der Waals surface area contributed by atoms with E-state index in [-0.39, 0.29) is 30.9 Å². The first-order valence-corrected chi connectivity index (χ1v) is 14.7. The van der Waals surface area contributed by atoms with Crippen molar-refractivity contribution in [2.45, 2.75) is 49.5 Å². The molecule has 0 amide bonds. The highest BCUT2D eigenvalue weighted by Crippen LogP contribution is 2.70. The van der Waals surface area contributed by atoms with Crippen molar-refractivity contribution in [2.75, 3.05) is 33.5 Å². The Morgan fingerprint density at radius 1 is 1.05 bits per heavy atom. The number of rotatable bonds is 10. The Balaban J connectivity index is 1.56. The Kier molecular flexibility index (Phi) is 7.68. The molecule has 4 aliphatic rings. The number of allylic oxidation sites excluding steroid dienone is 3. The summed E-state index contributed by atoms with van der Waals surface area (Å²) in [4.78, 5) is 12.3. The molecule has 1 aromatic heterocycles. The molecule has 12 nitrogen and oxygen atoms in total. The van der Waals surface area contributed by atoms with Crippen molar-refractivity contribution < 1.29 is 58.8 Å². The Morgan fingerprint density at radius 3 is 2.50 bits per heavy atom. The van der Waals surface area contributed by atoms with Gasteiger partial charge in [-0.15, -0.1) is 0 Å². The van der Waals surface area contributed by atoms with Crippen molar-refractivity contribution in [1.82, 2.24) is 0 Å². The van der Waals surface area contributed by atoms with E-state index in [1.165, 1.54) is 13.4 Å². The van der Waals surface area contributed by atoms with E-state index >= 15 is 0 Å². The van der Waals surface area contributed by atoms with Crippen molar-refractivity contribution in [1.29, 1.82) is 0 Å². The van der Waals surface area contributed by atoms with Crippen LogP contribution in [0.4, 0.5) is 0 Å². The molecule has 2 aromatic rings. The van der Waals surface area contributed by atoms with Crippen LogP contribution in [0.5, 0.6) is 11.5 Å². The largest absolute Gasteiger partial charge is 0.490 e. The van der Waals surface area contributed by atoms with Gasteiger partial charge in [-0.05, 0) is 37.0 Å². The van der Waals surface area contributed by atoms with Crippen LogP contribution in [0.1, 0.15) is 18.9 Å². The molecule has 6 N–H and O–H groups in total. The zero-order valence-corrected chi connectivity index (χ0v) is 24.5. The molecule has 6 rings (SSSR count).